The van der Waals surface area contributed by atoms with Crippen molar-refractivity contribution in [1.82, 2.24) is 5.32 Å². The summed E-state index contributed by atoms with van der Waals surface area (Å²) in [5.74, 6) is -0.232. The van der Waals surface area contributed by atoms with Crippen LogP contribution in [-0.2, 0) is 14.3 Å². The Morgan fingerprint density at radius 2 is 1.77 bits per heavy atom. The molecule has 116 valence electrons. The zero-order chi connectivity index (χ0) is 16.1. The molecule has 2 aromatic carbocycles. The summed E-state index contributed by atoms with van der Waals surface area (Å²) in [7, 11) is 2.92. The maximum Gasteiger partial charge on any atom is 0.325 e. The molecule has 0 heterocycles. The Bertz CT molecular complexity index is 696. The van der Waals surface area contributed by atoms with Crippen molar-refractivity contribution in [3.05, 3.63) is 42.0 Å². The Morgan fingerprint density at radius 3 is 2.45 bits per heavy atom. The summed E-state index contributed by atoms with van der Waals surface area (Å²) in [6.45, 7) is 1.68. The molecule has 5 heteroatoms. The first-order valence-corrected chi connectivity index (χ1v) is 6.97. The first-order valence-electron chi connectivity index (χ1n) is 6.97. The van der Waals surface area contributed by atoms with E-state index in [1.807, 2.05) is 36.4 Å². The van der Waals surface area contributed by atoms with Crippen LogP contribution in [0.25, 0.3) is 10.8 Å². The monoisotopic (exact) mass is 301 g/mol. The molecule has 0 bridgehead atoms. The third-order valence-corrected chi connectivity index (χ3v) is 3.60. The van der Waals surface area contributed by atoms with E-state index in [4.69, 9.17) is 4.74 Å². The normalized spacial score (nSPS) is 11.8. The second-order valence-corrected chi connectivity index (χ2v) is 4.99. The minimum absolute atomic E-state index is 0.121. The largest absolute Gasteiger partial charge is 0.497 e. The predicted molar refractivity (Wildman–Crippen MR) is 83.9 cm³/mol. The minimum atomic E-state index is -0.467. The Morgan fingerprint density at radius 1 is 1.09 bits per heavy atom. The summed E-state index contributed by atoms with van der Waals surface area (Å²) in [4.78, 5) is 23.1. The molecule has 1 amide bonds. The van der Waals surface area contributed by atoms with Gasteiger partial charge in [0.05, 0.1) is 20.1 Å². The van der Waals surface area contributed by atoms with Crippen molar-refractivity contribution >= 4 is 22.6 Å². The molecule has 2 aromatic rings. The van der Waals surface area contributed by atoms with Gasteiger partial charge in [-0.15, -0.1) is 0 Å². The molecule has 0 fully saturated rings. The van der Waals surface area contributed by atoms with Gasteiger partial charge >= 0.3 is 5.97 Å². The van der Waals surface area contributed by atoms with Crippen molar-refractivity contribution in [3.63, 3.8) is 0 Å². The van der Waals surface area contributed by atoms with E-state index in [0.717, 1.165) is 22.1 Å². The van der Waals surface area contributed by atoms with Gasteiger partial charge in [-0.05, 0) is 35.4 Å². The van der Waals surface area contributed by atoms with Crippen LogP contribution in [0.5, 0.6) is 5.75 Å². The van der Waals surface area contributed by atoms with Crippen LogP contribution in [0.15, 0.2) is 36.4 Å². The van der Waals surface area contributed by atoms with Gasteiger partial charge < -0.3 is 14.8 Å². The summed E-state index contributed by atoms with van der Waals surface area (Å²) < 4.78 is 9.70. The third kappa shape index (κ3) is 3.55. The van der Waals surface area contributed by atoms with Gasteiger partial charge in [-0.2, -0.15) is 0 Å². The molecule has 1 atom stereocenters. The fourth-order valence-corrected chi connectivity index (χ4v) is 2.17. The van der Waals surface area contributed by atoms with E-state index in [2.05, 4.69) is 10.1 Å². The Balaban J connectivity index is 2.15. The van der Waals surface area contributed by atoms with Crippen LogP contribution in [-0.4, -0.2) is 32.6 Å². The molecule has 0 aliphatic rings. The fourth-order valence-electron chi connectivity index (χ4n) is 2.17. The van der Waals surface area contributed by atoms with Gasteiger partial charge in [0.25, 0.3) is 0 Å². The molecule has 22 heavy (non-hydrogen) atoms. The van der Waals surface area contributed by atoms with Gasteiger partial charge in [0.15, 0.2) is 0 Å². The van der Waals surface area contributed by atoms with E-state index in [9.17, 15) is 9.59 Å². The van der Waals surface area contributed by atoms with Crippen molar-refractivity contribution in [3.8, 4) is 5.75 Å². The van der Waals surface area contributed by atoms with E-state index in [1.54, 1.807) is 14.0 Å². The summed E-state index contributed by atoms with van der Waals surface area (Å²) >= 11 is 0. The number of amides is 1. The lowest BCUT2D eigenvalue weighted by Gasteiger charge is -2.13. The lowest BCUT2D eigenvalue weighted by atomic mass is 9.97. The first-order chi connectivity index (χ1) is 10.5. The molecule has 0 aromatic heterocycles. The van der Waals surface area contributed by atoms with Gasteiger partial charge in [-0.3, -0.25) is 9.59 Å². The second-order valence-electron chi connectivity index (χ2n) is 4.99. The maximum absolute atomic E-state index is 12.1. The second kappa shape index (κ2) is 6.93. The highest BCUT2D eigenvalue weighted by Crippen LogP contribution is 2.25. The highest BCUT2D eigenvalue weighted by molar-refractivity contribution is 5.89. The topological polar surface area (TPSA) is 64.6 Å². The molecule has 5 nitrogen and oxygen atoms in total. The maximum atomic E-state index is 12.1. The average Bonchev–Trinajstić information content (AvgIpc) is 2.57. The van der Waals surface area contributed by atoms with Crippen molar-refractivity contribution in [1.29, 1.82) is 0 Å². The van der Waals surface area contributed by atoms with Gasteiger partial charge in [-0.25, -0.2) is 0 Å². The van der Waals surface area contributed by atoms with Crippen LogP contribution in [0.2, 0.25) is 0 Å². The fraction of sp³-hybridized carbons (Fsp3) is 0.294. The SMILES string of the molecule is COC(=O)CNC(=O)C(C)c1ccc2cc(OC)ccc2c1. The Labute approximate surface area is 129 Å². The number of nitrogens with one attached hydrogen (secondary N) is 1. The van der Waals surface area contributed by atoms with Crippen LogP contribution < -0.4 is 10.1 Å². The molecule has 0 saturated heterocycles. The average molecular weight is 301 g/mol. The number of carbonyl (C=O) groups is 2. The quantitative estimate of drug-likeness (QED) is 0.860. The molecule has 0 spiro atoms. The standard InChI is InChI=1S/C17H19NO4/c1-11(17(20)18-10-16(19)22-3)12-4-5-14-9-15(21-2)7-6-13(14)8-12/h4-9,11H,10H2,1-3H3,(H,18,20). The third-order valence-electron chi connectivity index (χ3n) is 3.60. The van der Waals surface area contributed by atoms with Crippen molar-refractivity contribution in [2.24, 2.45) is 0 Å². The Hall–Kier alpha value is -2.56. The number of rotatable bonds is 5. The van der Waals surface area contributed by atoms with Crippen LogP contribution >= 0.6 is 0 Å². The van der Waals surface area contributed by atoms with E-state index in [-0.39, 0.29) is 18.4 Å². The van der Waals surface area contributed by atoms with Crippen molar-refractivity contribution < 1.29 is 19.1 Å². The smallest absolute Gasteiger partial charge is 0.325 e. The number of fused-ring (bicyclic) bond motifs is 1. The van der Waals surface area contributed by atoms with Crippen LogP contribution in [0, 0.1) is 0 Å². The van der Waals surface area contributed by atoms with Crippen molar-refractivity contribution in [2.75, 3.05) is 20.8 Å². The molecule has 2 rings (SSSR count). The van der Waals surface area contributed by atoms with Crippen LogP contribution in [0.3, 0.4) is 0 Å². The lowest BCUT2D eigenvalue weighted by Crippen LogP contribution is -2.33. The highest BCUT2D eigenvalue weighted by Gasteiger charge is 2.16. The van der Waals surface area contributed by atoms with E-state index < -0.39 is 5.97 Å². The zero-order valence-electron chi connectivity index (χ0n) is 12.9. The number of esters is 1. The lowest BCUT2D eigenvalue weighted by molar-refractivity contribution is -0.141. The molecular formula is C17H19NO4. The molecule has 1 N–H and O–H groups in total. The molecule has 0 radical (unpaired) electrons. The van der Waals surface area contributed by atoms with Gasteiger partial charge in [-0.1, -0.05) is 24.3 Å². The van der Waals surface area contributed by atoms with Crippen molar-refractivity contribution in [2.45, 2.75) is 12.8 Å². The number of methoxy groups -OCH3 is 2. The Kier molecular flexibility index (Phi) is 4.99. The number of ether oxygens (including phenoxy) is 2. The molecule has 0 aliphatic carbocycles. The molecule has 0 saturated carbocycles. The van der Waals surface area contributed by atoms with E-state index >= 15 is 0 Å². The molecule has 1 unspecified atom stereocenters. The predicted octanol–water partition coefficient (Wildman–Crippen LogP) is 2.24. The van der Waals surface area contributed by atoms with Crippen LogP contribution in [0.4, 0.5) is 0 Å². The first kappa shape index (κ1) is 15.8. The van der Waals surface area contributed by atoms with E-state index in [0.29, 0.717) is 0 Å². The number of benzene rings is 2. The number of hydrogen-bond donors (Lipinski definition) is 1. The van der Waals surface area contributed by atoms with Gasteiger partial charge in [0, 0.05) is 0 Å². The summed E-state index contributed by atoms with van der Waals surface area (Å²) in [5, 5.41) is 4.64. The van der Waals surface area contributed by atoms with E-state index in [1.165, 1.54) is 7.11 Å². The van der Waals surface area contributed by atoms with Crippen LogP contribution in [0.1, 0.15) is 18.4 Å². The number of hydrogen-bond acceptors (Lipinski definition) is 4. The minimum Gasteiger partial charge on any atom is -0.497 e. The summed E-state index contributed by atoms with van der Waals surface area (Å²) in [6, 6.07) is 11.6. The molecule has 0 aliphatic heterocycles. The highest BCUT2D eigenvalue weighted by atomic mass is 16.5. The zero-order valence-corrected chi connectivity index (χ0v) is 12.9. The summed E-state index contributed by atoms with van der Waals surface area (Å²) in [6.07, 6.45) is 0. The molecular weight excluding hydrogens is 282 g/mol. The van der Waals surface area contributed by atoms with Gasteiger partial charge in [0.1, 0.15) is 12.3 Å². The van der Waals surface area contributed by atoms with Gasteiger partial charge in [0.2, 0.25) is 5.91 Å². The summed E-state index contributed by atoms with van der Waals surface area (Å²) in [5.41, 5.74) is 0.889. The number of carbonyl (C=O) groups excluding carboxylic acids is 2.